The molecule has 0 aliphatic carbocycles. The molecule has 104 valence electrons. The Hall–Kier alpha value is -1.52. The van der Waals surface area contributed by atoms with E-state index in [1.54, 1.807) is 0 Å². The predicted molar refractivity (Wildman–Crippen MR) is 84.7 cm³/mol. The van der Waals surface area contributed by atoms with Gasteiger partial charge in [-0.2, -0.15) is 0 Å². The van der Waals surface area contributed by atoms with Gasteiger partial charge >= 0.3 is 0 Å². The Morgan fingerprint density at radius 2 is 2.05 bits per heavy atom. The van der Waals surface area contributed by atoms with Crippen molar-refractivity contribution in [3.8, 4) is 0 Å². The van der Waals surface area contributed by atoms with Crippen LogP contribution in [0.1, 0.15) is 18.4 Å². The summed E-state index contributed by atoms with van der Waals surface area (Å²) >= 11 is 1.83. The minimum atomic E-state index is 0.122. The summed E-state index contributed by atoms with van der Waals surface area (Å²) in [5.41, 5.74) is 6.47. The van der Waals surface area contributed by atoms with E-state index in [1.165, 1.54) is 16.7 Å². The third kappa shape index (κ3) is 2.67. The lowest BCUT2D eigenvalue weighted by Gasteiger charge is -2.12. The molecule has 1 heterocycles. The Bertz CT molecular complexity index is 635. The molecule has 1 aliphatic heterocycles. The zero-order valence-corrected chi connectivity index (χ0v) is 12.1. The van der Waals surface area contributed by atoms with Gasteiger partial charge in [0.05, 0.1) is 6.10 Å². The largest absolute Gasteiger partial charge is 0.384 e. The summed E-state index contributed by atoms with van der Waals surface area (Å²) in [5.74, 6) is 1.11. The van der Waals surface area contributed by atoms with E-state index < -0.39 is 0 Å². The molecule has 1 saturated heterocycles. The molecule has 0 aromatic heterocycles. The molecular formula is C16H18N2OS. The molecule has 0 spiro atoms. The maximum atomic E-state index is 7.68. The first-order chi connectivity index (χ1) is 9.75. The molecule has 1 aliphatic rings. The van der Waals surface area contributed by atoms with Gasteiger partial charge in [0.2, 0.25) is 0 Å². The first-order valence-corrected chi connectivity index (χ1v) is 7.85. The fourth-order valence-corrected chi connectivity index (χ4v) is 3.72. The molecule has 0 bridgehead atoms. The lowest BCUT2D eigenvalue weighted by molar-refractivity contribution is 0.129. The van der Waals surface area contributed by atoms with E-state index >= 15 is 0 Å². The average molecular weight is 286 g/mol. The Balaban J connectivity index is 1.91. The minimum absolute atomic E-state index is 0.122. The molecule has 3 rings (SSSR count). The van der Waals surface area contributed by atoms with E-state index in [-0.39, 0.29) is 5.84 Å². The molecule has 3 N–H and O–H groups in total. The van der Waals surface area contributed by atoms with Crippen molar-refractivity contribution in [3.63, 3.8) is 0 Å². The zero-order valence-electron chi connectivity index (χ0n) is 11.3. The van der Waals surface area contributed by atoms with Crippen molar-refractivity contribution >= 4 is 28.4 Å². The number of ether oxygens (including phenoxy) is 1. The first kappa shape index (κ1) is 13.5. The van der Waals surface area contributed by atoms with Gasteiger partial charge in [0, 0.05) is 22.8 Å². The van der Waals surface area contributed by atoms with Crippen molar-refractivity contribution in [2.45, 2.75) is 23.8 Å². The Labute approximate surface area is 123 Å². The molecule has 0 amide bonds. The van der Waals surface area contributed by atoms with Crippen LogP contribution < -0.4 is 5.73 Å². The van der Waals surface area contributed by atoms with Crippen LogP contribution in [0.25, 0.3) is 10.8 Å². The summed E-state index contributed by atoms with van der Waals surface area (Å²) in [6.45, 7) is 0.898. The zero-order chi connectivity index (χ0) is 13.9. The fourth-order valence-electron chi connectivity index (χ4n) is 2.59. The van der Waals surface area contributed by atoms with E-state index in [1.807, 2.05) is 36.0 Å². The first-order valence-electron chi connectivity index (χ1n) is 6.86. The molecular weight excluding hydrogens is 268 g/mol. The molecule has 3 nitrogen and oxygen atoms in total. The summed E-state index contributed by atoms with van der Waals surface area (Å²) in [7, 11) is 0. The van der Waals surface area contributed by atoms with Crippen LogP contribution in [0.15, 0.2) is 41.3 Å². The maximum absolute atomic E-state index is 7.68. The standard InChI is InChI=1S/C16H18N2OS/c17-16(18)14-7-8-15(13-6-2-1-5-12(13)14)20-10-11-4-3-9-19-11/h1-2,5-8,11H,3-4,9-10H2,(H3,17,18). The Kier molecular flexibility index (Phi) is 3.94. The highest BCUT2D eigenvalue weighted by molar-refractivity contribution is 7.99. The van der Waals surface area contributed by atoms with Crippen LogP contribution in [-0.4, -0.2) is 24.3 Å². The molecule has 2 aromatic carbocycles. The topological polar surface area (TPSA) is 59.1 Å². The number of amidine groups is 1. The third-order valence-corrected chi connectivity index (χ3v) is 4.83. The normalized spacial score (nSPS) is 18.5. The van der Waals surface area contributed by atoms with E-state index in [2.05, 4.69) is 12.1 Å². The average Bonchev–Trinajstić information content (AvgIpc) is 2.97. The van der Waals surface area contributed by atoms with Crippen LogP contribution in [0.3, 0.4) is 0 Å². The number of rotatable bonds is 4. The Morgan fingerprint density at radius 3 is 2.75 bits per heavy atom. The quantitative estimate of drug-likeness (QED) is 0.514. The molecule has 1 unspecified atom stereocenters. The van der Waals surface area contributed by atoms with Crippen molar-refractivity contribution in [1.29, 1.82) is 5.41 Å². The number of nitrogens with two attached hydrogens (primary N) is 1. The van der Waals surface area contributed by atoms with Crippen LogP contribution in [0.5, 0.6) is 0 Å². The van der Waals surface area contributed by atoms with Crippen LogP contribution in [-0.2, 0) is 4.74 Å². The van der Waals surface area contributed by atoms with Gasteiger partial charge in [-0.25, -0.2) is 0 Å². The molecule has 2 aromatic rings. The fraction of sp³-hybridized carbons (Fsp3) is 0.312. The summed E-state index contributed by atoms with van der Waals surface area (Å²) in [5, 5.41) is 9.90. The number of fused-ring (bicyclic) bond motifs is 1. The van der Waals surface area contributed by atoms with Gasteiger partial charge in [0.1, 0.15) is 5.84 Å². The summed E-state index contributed by atoms with van der Waals surface area (Å²) in [6, 6.07) is 12.2. The lowest BCUT2D eigenvalue weighted by Crippen LogP contribution is -2.11. The molecule has 0 saturated carbocycles. The van der Waals surface area contributed by atoms with Crippen LogP contribution in [0, 0.1) is 5.41 Å². The number of nitrogens with one attached hydrogen (secondary N) is 1. The van der Waals surface area contributed by atoms with Gasteiger partial charge in [0.25, 0.3) is 0 Å². The number of thioether (sulfide) groups is 1. The minimum Gasteiger partial charge on any atom is -0.384 e. The number of nitrogen functional groups attached to an aromatic ring is 1. The van der Waals surface area contributed by atoms with Gasteiger partial charge in [-0.15, -0.1) is 11.8 Å². The van der Waals surface area contributed by atoms with E-state index in [4.69, 9.17) is 15.9 Å². The van der Waals surface area contributed by atoms with Gasteiger partial charge in [0.15, 0.2) is 0 Å². The van der Waals surface area contributed by atoms with E-state index in [0.717, 1.165) is 29.7 Å². The van der Waals surface area contributed by atoms with Crippen LogP contribution >= 0.6 is 11.8 Å². The lowest BCUT2D eigenvalue weighted by atomic mass is 10.0. The SMILES string of the molecule is N=C(N)c1ccc(SCC2CCCO2)c2ccccc12. The number of benzene rings is 2. The third-order valence-electron chi connectivity index (χ3n) is 3.62. The van der Waals surface area contributed by atoms with Crippen LogP contribution in [0.2, 0.25) is 0 Å². The van der Waals surface area contributed by atoms with Gasteiger partial charge in [-0.05, 0) is 35.7 Å². The second-order valence-electron chi connectivity index (χ2n) is 5.02. The molecule has 4 heteroatoms. The second kappa shape index (κ2) is 5.85. The van der Waals surface area contributed by atoms with Gasteiger partial charge < -0.3 is 10.5 Å². The molecule has 1 fully saturated rings. The second-order valence-corrected chi connectivity index (χ2v) is 6.08. The van der Waals surface area contributed by atoms with Crippen molar-refractivity contribution in [1.82, 2.24) is 0 Å². The highest BCUT2D eigenvalue weighted by Gasteiger charge is 2.16. The monoisotopic (exact) mass is 286 g/mol. The summed E-state index contributed by atoms with van der Waals surface area (Å²) in [6.07, 6.45) is 2.72. The number of hydrogen-bond acceptors (Lipinski definition) is 3. The highest BCUT2D eigenvalue weighted by Crippen LogP contribution is 2.32. The smallest absolute Gasteiger partial charge is 0.123 e. The summed E-state index contributed by atoms with van der Waals surface area (Å²) < 4.78 is 5.67. The highest BCUT2D eigenvalue weighted by atomic mass is 32.2. The van der Waals surface area contributed by atoms with Crippen molar-refractivity contribution < 1.29 is 4.74 Å². The van der Waals surface area contributed by atoms with Gasteiger partial charge in [-0.3, -0.25) is 5.41 Å². The van der Waals surface area contributed by atoms with E-state index in [9.17, 15) is 0 Å². The predicted octanol–water partition coefficient (Wildman–Crippen LogP) is 3.39. The van der Waals surface area contributed by atoms with Crippen molar-refractivity contribution in [2.24, 2.45) is 5.73 Å². The van der Waals surface area contributed by atoms with E-state index in [0.29, 0.717) is 6.10 Å². The van der Waals surface area contributed by atoms with Crippen LogP contribution in [0.4, 0.5) is 0 Å². The van der Waals surface area contributed by atoms with Crippen molar-refractivity contribution in [2.75, 3.05) is 12.4 Å². The van der Waals surface area contributed by atoms with Crippen molar-refractivity contribution in [3.05, 3.63) is 42.0 Å². The molecule has 0 radical (unpaired) electrons. The Morgan fingerprint density at radius 1 is 1.25 bits per heavy atom. The molecule has 1 atom stereocenters. The maximum Gasteiger partial charge on any atom is 0.123 e. The molecule has 20 heavy (non-hydrogen) atoms. The van der Waals surface area contributed by atoms with Gasteiger partial charge in [-0.1, -0.05) is 24.3 Å². The number of hydrogen-bond donors (Lipinski definition) is 2. The summed E-state index contributed by atoms with van der Waals surface area (Å²) in [4.78, 5) is 1.24.